The van der Waals surface area contributed by atoms with Crippen LogP contribution in [0.15, 0.2) is 18.2 Å². The maximum absolute atomic E-state index is 12.8. The zero-order valence-electron chi connectivity index (χ0n) is 9.34. The summed E-state index contributed by atoms with van der Waals surface area (Å²) in [5.41, 5.74) is -1.21. The van der Waals surface area contributed by atoms with Crippen LogP contribution in [0.4, 0.5) is 17.6 Å². The summed E-state index contributed by atoms with van der Waals surface area (Å²) >= 11 is 0. The summed E-state index contributed by atoms with van der Waals surface area (Å²) in [5, 5.41) is 20.1. The zero-order chi connectivity index (χ0) is 13.8. The molecule has 3 N–H and O–H groups in total. The van der Waals surface area contributed by atoms with Gasteiger partial charge < -0.3 is 15.5 Å². The molecule has 0 saturated carbocycles. The van der Waals surface area contributed by atoms with Crippen molar-refractivity contribution in [2.24, 2.45) is 0 Å². The molecule has 1 aromatic rings. The lowest BCUT2D eigenvalue weighted by Gasteiger charge is -2.17. The van der Waals surface area contributed by atoms with E-state index in [9.17, 15) is 17.6 Å². The fraction of sp³-hybridized carbons (Fsp3) is 0.455. The van der Waals surface area contributed by atoms with Gasteiger partial charge in [0, 0.05) is 6.54 Å². The van der Waals surface area contributed by atoms with E-state index in [1.165, 1.54) is 0 Å². The first-order chi connectivity index (χ1) is 8.38. The largest absolute Gasteiger partial charge is 0.416 e. The van der Waals surface area contributed by atoms with Crippen molar-refractivity contribution in [2.45, 2.75) is 18.8 Å². The Morgan fingerprint density at radius 3 is 2.28 bits per heavy atom. The summed E-state index contributed by atoms with van der Waals surface area (Å²) in [5.74, 6) is -0.966. The van der Waals surface area contributed by atoms with Gasteiger partial charge in [-0.3, -0.25) is 0 Å². The van der Waals surface area contributed by atoms with Crippen molar-refractivity contribution in [2.75, 3.05) is 13.2 Å². The topological polar surface area (TPSA) is 52.5 Å². The lowest BCUT2D eigenvalue weighted by molar-refractivity contribution is -0.138. The minimum atomic E-state index is -4.65. The van der Waals surface area contributed by atoms with E-state index in [2.05, 4.69) is 5.32 Å². The molecule has 0 radical (unpaired) electrons. The van der Waals surface area contributed by atoms with Crippen LogP contribution in [0.3, 0.4) is 0 Å². The Morgan fingerprint density at radius 2 is 1.78 bits per heavy atom. The van der Waals surface area contributed by atoms with Gasteiger partial charge in [0.25, 0.3) is 0 Å². The predicted octanol–water partition coefficient (Wildman–Crippen LogP) is 1.29. The van der Waals surface area contributed by atoms with Gasteiger partial charge in [0.15, 0.2) is 0 Å². The van der Waals surface area contributed by atoms with Crippen molar-refractivity contribution < 1.29 is 27.8 Å². The summed E-state index contributed by atoms with van der Waals surface area (Å²) in [6.07, 6.45) is -4.65. The SMILES string of the molecule is OCC(CO)NCc1ccc(F)cc1C(F)(F)F. The normalized spacial score (nSPS) is 12.2. The average molecular weight is 267 g/mol. The van der Waals surface area contributed by atoms with Gasteiger partial charge in [-0.15, -0.1) is 0 Å². The van der Waals surface area contributed by atoms with Gasteiger partial charge in [0.1, 0.15) is 5.82 Å². The smallest absolute Gasteiger partial charge is 0.395 e. The number of hydrogen-bond acceptors (Lipinski definition) is 3. The first kappa shape index (κ1) is 14.9. The summed E-state index contributed by atoms with van der Waals surface area (Å²) in [6, 6.07) is 1.66. The van der Waals surface area contributed by atoms with Crippen LogP contribution in [-0.2, 0) is 12.7 Å². The molecule has 0 spiro atoms. The van der Waals surface area contributed by atoms with E-state index in [-0.39, 0.29) is 12.1 Å². The molecule has 0 saturated heterocycles. The molecule has 0 aromatic heterocycles. The van der Waals surface area contributed by atoms with Crippen LogP contribution in [0.5, 0.6) is 0 Å². The minimum Gasteiger partial charge on any atom is -0.395 e. The molecule has 0 atom stereocenters. The molecular formula is C11H13F4NO2. The molecule has 0 unspecified atom stereocenters. The molecule has 1 rings (SSSR count). The Morgan fingerprint density at radius 1 is 1.17 bits per heavy atom. The molecule has 102 valence electrons. The van der Waals surface area contributed by atoms with Crippen LogP contribution in [0, 0.1) is 5.82 Å². The molecule has 0 amide bonds. The van der Waals surface area contributed by atoms with Crippen LogP contribution in [0.1, 0.15) is 11.1 Å². The minimum absolute atomic E-state index is 0.143. The van der Waals surface area contributed by atoms with E-state index in [0.29, 0.717) is 6.07 Å². The van der Waals surface area contributed by atoms with E-state index >= 15 is 0 Å². The third-order valence-corrected chi connectivity index (χ3v) is 2.40. The lowest BCUT2D eigenvalue weighted by atomic mass is 10.1. The van der Waals surface area contributed by atoms with Crippen LogP contribution in [0.2, 0.25) is 0 Å². The summed E-state index contributed by atoms with van der Waals surface area (Å²) in [4.78, 5) is 0. The van der Waals surface area contributed by atoms with Gasteiger partial charge in [-0.2, -0.15) is 13.2 Å². The van der Waals surface area contributed by atoms with Crippen molar-refractivity contribution in [1.29, 1.82) is 0 Å². The summed E-state index contributed by atoms with van der Waals surface area (Å²) in [6.45, 7) is -1.03. The monoisotopic (exact) mass is 267 g/mol. The number of alkyl halides is 3. The van der Waals surface area contributed by atoms with Gasteiger partial charge in [-0.1, -0.05) is 6.07 Å². The van der Waals surface area contributed by atoms with E-state index in [1.807, 2.05) is 0 Å². The van der Waals surface area contributed by atoms with Crippen molar-refractivity contribution in [1.82, 2.24) is 5.32 Å². The van der Waals surface area contributed by atoms with Crippen LogP contribution in [0.25, 0.3) is 0 Å². The number of benzene rings is 1. The second-order valence-electron chi connectivity index (χ2n) is 3.74. The molecule has 0 heterocycles. The summed E-state index contributed by atoms with van der Waals surface area (Å²) in [7, 11) is 0. The maximum Gasteiger partial charge on any atom is 0.416 e. The number of halogens is 4. The fourth-order valence-corrected chi connectivity index (χ4v) is 1.41. The molecule has 3 nitrogen and oxygen atoms in total. The third-order valence-electron chi connectivity index (χ3n) is 2.40. The van der Waals surface area contributed by atoms with E-state index in [1.54, 1.807) is 0 Å². The molecule has 7 heteroatoms. The van der Waals surface area contributed by atoms with Gasteiger partial charge in [-0.05, 0) is 17.7 Å². The highest BCUT2D eigenvalue weighted by atomic mass is 19.4. The Labute approximate surface area is 101 Å². The number of nitrogens with one attached hydrogen (secondary N) is 1. The summed E-state index contributed by atoms with van der Waals surface area (Å²) < 4.78 is 50.7. The second-order valence-corrected chi connectivity index (χ2v) is 3.74. The van der Waals surface area contributed by atoms with Crippen LogP contribution < -0.4 is 5.32 Å². The fourth-order valence-electron chi connectivity index (χ4n) is 1.41. The van der Waals surface area contributed by atoms with Gasteiger partial charge >= 0.3 is 6.18 Å². The van der Waals surface area contributed by atoms with Crippen LogP contribution >= 0.6 is 0 Å². The predicted molar refractivity (Wildman–Crippen MR) is 56.2 cm³/mol. The van der Waals surface area contributed by atoms with E-state index in [0.717, 1.165) is 12.1 Å². The molecule has 0 aliphatic carbocycles. The lowest BCUT2D eigenvalue weighted by Crippen LogP contribution is -2.35. The molecule has 1 aromatic carbocycles. The molecule has 0 fully saturated rings. The van der Waals surface area contributed by atoms with Gasteiger partial charge in [0.05, 0.1) is 24.8 Å². The number of rotatable bonds is 5. The van der Waals surface area contributed by atoms with Crippen molar-refractivity contribution in [3.63, 3.8) is 0 Å². The first-order valence-corrected chi connectivity index (χ1v) is 5.19. The third kappa shape index (κ3) is 3.94. The number of aliphatic hydroxyl groups excluding tert-OH is 2. The molecule has 0 aliphatic rings. The van der Waals surface area contributed by atoms with Crippen molar-refractivity contribution >= 4 is 0 Å². The number of aliphatic hydroxyl groups is 2. The molecular weight excluding hydrogens is 254 g/mol. The Bertz CT molecular complexity index is 391. The molecule has 0 bridgehead atoms. The molecule has 18 heavy (non-hydrogen) atoms. The zero-order valence-corrected chi connectivity index (χ0v) is 9.34. The highest BCUT2D eigenvalue weighted by Crippen LogP contribution is 2.32. The highest BCUT2D eigenvalue weighted by Gasteiger charge is 2.33. The highest BCUT2D eigenvalue weighted by molar-refractivity contribution is 5.30. The Kier molecular flexibility index (Phi) is 5.06. The van der Waals surface area contributed by atoms with E-state index < -0.39 is 36.8 Å². The standard InChI is InChI=1S/C11H13F4NO2/c12-8-2-1-7(4-16-9(5-17)6-18)10(3-8)11(13,14)15/h1-3,9,16-18H,4-6H2. The molecule has 0 aliphatic heterocycles. The Balaban J connectivity index is 2.88. The number of hydrogen-bond donors (Lipinski definition) is 3. The maximum atomic E-state index is 12.8. The van der Waals surface area contributed by atoms with Crippen LogP contribution in [-0.4, -0.2) is 29.5 Å². The van der Waals surface area contributed by atoms with Crippen molar-refractivity contribution in [3.8, 4) is 0 Å². The van der Waals surface area contributed by atoms with Gasteiger partial charge in [-0.25, -0.2) is 4.39 Å². The second kappa shape index (κ2) is 6.12. The van der Waals surface area contributed by atoms with Crippen molar-refractivity contribution in [3.05, 3.63) is 35.1 Å². The average Bonchev–Trinajstić information content (AvgIpc) is 2.30. The Hall–Kier alpha value is -1.18. The van der Waals surface area contributed by atoms with Gasteiger partial charge in [0.2, 0.25) is 0 Å². The van der Waals surface area contributed by atoms with E-state index in [4.69, 9.17) is 10.2 Å². The quantitative estimate of drug-likeness (QED) is 0.705. The first-order valence-electron chi connectivity index (χ1n) is 5.19.